The largest absolute Gasteiger partial charge is 0.480 e. The van der Waals surface area contributed by atoms with Crippen molar-refractivity contribution in [1.29, 1.82) is 0 Å². The molecule has 1 saturated heterocycles. The second-order valence-corrected chi connectivity index (χ2v) is 4.98. The van der Waals surface area contributed by atoms with Crippen LogP contribution in [0.2, 0.25) is 0 Å². The minimum absolute atomic E-state index is 0.149. The Bertz CT molecular complexity index is 311. The van der Waals surface area contributed by atoms with Gasteiger partial charge in [0, 0.05) is 23.1 Å². The number of urea groups is 1. The second-order valence-electron chi connectivity index (χ2n) is 3.30. The van der Waals surface area contributed by atoms with E-state index in [9.17, 15) is 9.59 Å². The van der Waals surface area contributed by atoms with Gasteiger partial charge in [-0.25, -0.2) is 9.59 Å². The average molecular weight is 265 g/mol. The minimum atomic E-state index is -0.980. The van der Waals surface area contributed by atoms with E-state index in [1.807, 2.05) is 0 Å². The maximum Gasteiger partial charge on any atom is 0.327 e. The summed E-state index contributed by atoms with van der Waals surface area (Å²) < 4.78 is 0. The van der Waals surface area contributed by atoms with Gasteiger partial charge in [0.15, 0.2) is 0 Å². The van der Waals surface area contributed by atoms with Crippen LogP contribution in [0, 0.1) is 0 Å². The van der Waals surface area contributed by atoms with Crippen LogP contribution in [0.1, 0.15) is 0 Å². The van der Waals surface area contributed by atoms with E-state index < -0.39 is 18.0 Å². The van der Waals surface area contributed by atoms with E-state index in [1.165, 1.54) is 16.7 Å². The highest BCUT2D eigenvalue weighted by atomic mass is 35.5. The number of carboxylic acids is 1. The highest BCUT2D eigenvalue weighted by molar-refractivity contribution is 7.99. The fourth-order valence-corrected chi connectivity index (χ4v) is 2.43. The molecule has 1 fully saturated rings. The Labute approximate surface area is 103 Å². The molecule has 2 amide bonds. The Morgan fingerprint density at radius 2 is 2.31 bits per heavy atom. The molecule has 1 atom stereocenters. The van der Waals surface area contributed by atoms with E-state index in [0.29, 0.717) is 17.3 Å². The molecule has 1 aliphatic heterocycles. The Kier molecular flexibility index (Phi) is 4.95. The van der Waals surface area contributed by atoms with Crippen LogP contribution < -0.4 is 5.32 Å². The molecule has 0 spiro atoms. The van der Waals surface area contributed by atoms with Crippen molar-refractivity contribution in [3.05, 3.63) is 11.6 Å². The van der Waals surface area contributed by atoms with Crippen LogP contribution in [0.3, 0.4) is 0 Å². The monoisotopic (exact) mass is 264 g/mol. The molecule has 5 nitrogen and oxygen atoms in total. The molecule has 1 aliphatic rings. The summed E-state index contributed by atoms with van der Waals surface area (Å²) in [4.78, 5) is 23.9. The van der Waals surface area contributed by atoms with Crippen molar-refractivity contribution in [3.8, 4) is 0 Å². The van der Waals surface area contributed by atoms with E-state index in [2.05, 4.69) is 11.9 Å². The van der Waals surface area contributed by atoms with Crippen molar-refractivity contribution in [2.45, 2.75) is 6.04 Å². The van der Waals surface area contributed by atoms with Gasteiger partial charge in [-0.3, -0.25) is 0 Å². The van der Waals surface area contributed by atoms with Crippen molar-refractivity contribution < 1.29 is 14.7 Å². The van der Waals surface area contributed by atoms with Crippen molar-refractivity contribution in [3.63, 3.8) is 0 Å². The van der Waals surface area contributed by atoms with Gasteiger partial charge in [-0.05, 0) is 0 Å². The number of aliphatic carboxylic acids is 1. The Balaban J connectivity index is 2.57. The summed E-state index contributed by atoms with van der Waals surface area (Å²) in [5.41, 5.74) is 0. The number of carbonyl (C=O) groups is 2. The molecule has 90 valence electrons. The number of amides is 2. The van der Waals surface area contributed by atoms with Gasteiger partial charge in [-0.1, -0.05) is 18.2 Å². The summed E-state index contributed by atoms with van der Waals surface area (Å²) in [7, 11) is 0. The first-order chi connectivity index (χ1) is 7.52. The lowest BCUT2D eigenvalue weighted by atomic mass is 10.3. The Morgan fingerprint density at radius 1 is 1.62 bits per heavy atom. The number of nitrogens with one attached hydrogen (secondary N) is 1. The molecule has 0 aromatic heterocycles. The summed E-state index contributed by atoms with van der Waals surface area (Å²) in [5.74, 6) is 0.191. The smallest absolute Gasteiger partial charge is 0.327 e. The maximum absolute atomic E-state index is 11.7. The summed E-state index contributed by atoms with van der Waals surface area (Å²) in [6, 6.07) is -1.17. The lowest BCUT2D eigenvalue weighted by Crippen LogP contribution is -2.53. The van der Waals surface area contributed by atoms with Gasteiger partial charge < -0.3 is 15.3 Å². The highest BCUT2D eigenvalue weighted by Crippen LogP contribution is 2.16. The SMILES string of the molecule is C=C(Cl)CNC(=O)N1CCSCC1C(=O)O. The van der Waals surface area contributed by atoms with Crippen LogP contribution in [-0.2, 0) is 4.79 Å². The van der Waals surface area contributed by atoms with Gasteiger partial charge in [0.25, 0.3) is 0 Å². The zero-order chi connectivity index (χ0) is 12.1. The molecule has 0 aromatic carbocycles. The third-order valence-electron chi connectivity index (χ3n) is 2.11. The molecular weight excluding hydrogens is 252 g/mol. The van der Waals surface area contributed by atoms with Gasteiger partial charge in [0.05, 0.1) is 6.54 Å². The van der Waals surface area contributed by atoms with Crippen LogP contribution in [0.15, 0.2) is 11.6 Å². The molecule has 7 heteroatoms. The number of hydrogen-bond donors (Lipinski definition) is 2. The number of hydrogen-bond acceptors (Lipinski definition) is 3. The number of carboxylic acid groups (broad SMARTS) is 1. The number of halogens is 1. The number of carbonyl (C=O) groups excluding carboxylic acids is 1. The van der Waals surface area contributed by atoms with Crippen LogP contribution >= 0.6 is 23.4 Å². The van der Waals surface area contributed by atoms with Crippen molar-refractivity contribution in [1.82, 2.24) is 10.2 Å². The molecule has 0 bridgehead atoms. The van der Waals surface area contributed by atoms with Crippen molar-refractivity contribution in [2.75, 3.05) is 24.6 Å². The number of thioether (sulfide) groups is 1. The molecule has 2 N–H and O–H groups in total. The summed E-state index contributed by atoms with van der Waals surface area (Å²) >= 11 is 7.04. The van der Waals surface area contributed by atoms with E-state index in [-0.39, 0.29) is 6.54 Å². The van der Waals surface area contributed by atoms with Crippen LogP contribution in [0.4, 0.5) is 4.79 Å². The molecule has 0 saturated carbocycles. The summed E-state index contributed by atoms with van der Waals surface area (Å²) in [5, 5.41) is 11.8. The molecule has 0 aromatic rings. The predicted octanol–water partition coefficient (Wildman–Crippen LogP) is 0.951. The standard InChI is InChI=1S/C9H13ClN2O3S/c1-6(10)4-11-9(15)12-2-3-16-5-7(12)8(13)14/h7H,1-5H2,(H,11,15)(H,13,14). The zero-order valence-corrected chi connectivity index (χ0v) is 10.2. The quantitative estimate of drug-likeness (QED) is 0.796. The third-order valence-corrected chi connectivity index (χ3v) is 3.26. The predicted molar refractivity (Wildman–Crippen MR) is 63.8 cm³/mol. The molecule has 0 aliphatic carbocycles. The highest BCUT2D eigenvalue weighted by Gasteiger charge is 2.32. The fourth-order valence-electron chi connectivity index (χ4n) is 1.32. The van der Waals surface area contributed by atoms with Gasteiger partial charge in [-0.15, -0.1) is 0 Å². The molecule has 1 unspecified atom stereocenters. The molecule has 16 heavy (non-hydrogen) atoms. The zero-order valence-electron chi connectivity index (χ0n) is 8.61. The maximum atomic E-state index is 11.7. The molecule has 0 radical (unpaired) electrons. The molecule has 1 heterocycles. The molecular formula is C9H13ClN2O3S. The second kappa shape index (κ2) is 6.00. The number of nitrogens with zero attached hydrogens (tertiary/aromatic N) is 1. The minimum Gasteiger partial charge on any atom is -0.480 e. The lowest BCUT2D eigenvalue weighted by molar-refractivity contribution is -0.141. The van der Waals surface area contributed by atoms with Gasteiger partial charge in [-0.2, -0.15) is 11.8 Å². The summed E-state index contributed by atoms with van der Waals surface area (Å²) in [6.45, 7) is 4.02. The first kappa shape index (κ1) is 13.2. The lowest BCUT2D eigenvalue weighted by Gasteiger charge is -2.32. The van der Waals surface area contributed by atoms with E-state index >= 15 is 0 Å². The third kappa shape index (κ3) is 3.61. The Hall–Kier alpha value is -0.880. The van der Waals surface area contributed by atoms with Crippen molar-refractivity contribution in [2.24, 2.45) is 0 Å². The Morgan fingerprint density at radius 3 is 2.88 bits per heavy atom. The number of rotatable bonds is 3. The summed E-state index contributed by atoms with van der Waals surface area (Å²) in [6.07, 6.45) is 0. The van der Waals surface area contributed by atoms with Crippen molar-refractivity contribution >= 4 is 35.4 Å². The fraction of sp³-hybridized carbons (Fsp3) is 0.556. The van der Waals surface area contributed by atoms with Gasteiger partial charge >= 0.3 is 12.0 Å². The van der Waals surface area contributed by atoms with Crippen LogP contribution in [0.25, 0.3) is 0 Å². The van der Waals surface area contributed by atoms with Gasteiger partial charge in [0.1, 0.15) is 6.04 Å². The van der Waals surface area contributed by atoms with E-state index in [4.69, 9.17) is 16.7 Å². The van der Waals surface area contributed by atoms with Crippen LogP contribution in [-0.4, -0.2) is 52.6 Å². The molecule has 1 rings (SSSR count). The first-order valence-corrected chi connectivity index (χ1v) is 6.24. The van der Waals surface area contributed by atoms with E-state index in [0.717, 1.165) is 5.75 Å². The van der Waals surface area contributed by atoms with E-state index in [1.54, 1.807) is 0 Å². The van der Waals surface area contributed by atoms with Crippen LogP contribution in [0.5, 0.6) is 0 Å². The average Bonchev–Trinajstić information content (AvgIpc) is 2.25. The first-order valence-electron chi connectivity index (χ1n) is 4.70. The topological polar surface area (TPSA) is 69.6 Å². The van der Waals surface area contributed by atoms with Gasteiger partial charge in [0.2, 0.25) is 0 Å². The normalized spacial score (nSPS) is 20.3.